The van der Waals surface area contributed by atoms with Crippen LogP contribution in [0.1, 0.15) is 11.4 Å². The summed E-state index contributed by atoms with van der Waals surface area (Å²) in [7, 11) is 0. The molecule has 112 valence electrons. The van der Waals surface area contributed by atoms with Gasteiger partial charge in [-0.3, -0.25) is 0 Å². The van der Waals surface area contributed by atoms with Crippen LogP contribution in [-0.2, 0) is 4.74 Å². The number of anilines is 3. The minimum atomic E-state index is 0.360. The third-order valence-corrected chi connectivity index (χ3v) is 3.47. The number of hydrogen-bond donors (Lipinski definition) is 1. The number of rotatable bonds is 3. The predicted molar refractivity (Wildman–Crippen MR) is 84.2 cm³/mol. The molecular weight excluding hydrogens is 278 g/mol. The number of nitrogens with zero attached hydrogens (tertiary/aromatic N) is 4. The lowest BCUT2D eigenvalue weighted by Gasteiger charge is -2.30. The highest BCUT2D eigenvalue weighted by Gasteiger charge is 2.15. The van der Waals surface area contributed by atoms with Gasteiger partial charge in [0.2, 0.25) is 5.95 Å². The molecule has 22 heavy (non-hydrogen) atoms. The zero-order valence-corrected chi connectivity index (χ0v) is 12.4. The van der Waals surface area contributed by atoms with Gasteiger partial charge >= 0.3 is 0 Å². The Morgan fingerprint density at radius 1 is 1.23 bits per heavy atom. The fourth-order valence-corrected chi connectivity index (χ4v) is 2.46. The van der Waals surface area contributed by atoms with E-state index in [0.717, 1.165) is 43.4 Å². The molecule has 3 rings (SSSR count). The molecule has 0 aliphatic carbocycles. The first-order valence-electron chi connectivity index (χ1n) is 7.21. The maximum absolute atomic E-state index is 9.02. The third-order valence-electron chi connectivity index (χ3n) is 3.47. The molecule has 1 aromatic heterocycles. The van der Waals surface area contributed by atoms with E-state index >= 15 is 0 Å². The third kappa shape index (κ3) is 3.15. The molecular formula is C16H17N5O. The summed E-state index contributed by atoms with van der Waals surface area (Å²) < 4.78 is 5.40. The normalized spacial score (nSPS) is 14.5. The maximum atomic E-state index is 9.02. The molecule has 0 unspecified atom stereocenters. The molecule has 0 amide bonds. The van der Waals surface area contributed by atoms with E-state index in [0.29, 0.717) is 11.6 Å². The molecule has 1 saturated heterocycles. The van der Waals surface area contributed by atoms with Crippen molar-refractivity contribution in [2.45, 2.75) is 6.92 Å². The molecule has 2 heterocycles. The van der Waals surface area contributed by atoms with E-state index in [2.05, 4.69) is 32.3 Å². The Balaban J connectivity index is 1.89. The topological polar surface area (TPSA) is 74.1 Å². The fourth-order valence-electron chi connectivity index (χ4n) is 2.46. The highest BCUT2D eigenvalue weighted by Crippen LogP contribution is 2.28. The molecule has 1 aliphatic rings. The van der Waals surface area contributed by atoms with Crippen LogP contribution in [-0.4, -0.2) is 36.3 Å². The Morgan fingerprint density at radius 2 is 2.00 bits per heavy atom. The van der Waals surface area contributed by atoms with Crippen LogP contribution in [0.15, 0.2) is 30.3 Å². The minimum absolute atomic E-state index is 0.360. The van der Waals surface area contributed by atoms with Crippen LogP contribution < -0.4 is 10.2 Å². The lowest BCUT2D eigenvalue weighted by molar-refractivity contribution is 0.123. The Morgan fingerprint density at radius 3 is 2.77 bits per heavy atom. The summed E-state index contributed by atoms with van der Waals surface area (Å²) in [6.45, 7) is 5.02. The summed E-state index contributed by atoms with van der Waals surface area (Å²) >= 11 is 0. The summed E-state index contributed by atoms with van der Waals surface area (Å²) in [4.78, 5) is 10.8. The molecule has 0 bridgehead atoms. The Labute approximate surface area is 129 Å². The first-order valence-corrected chi connectivity index (χ1v) is 7.21. The van der Waals surface area contributed by atoms with Crippen molar-refractivity contribution in [1.82, 2.24) is 9.97 Å². The van der Waals surface area contributed by atoms with Crippen molar-refractivity contribution in [3.63, 3.8) is 0 Å². The van der Waals surface area contributed by atoms with E-state index in [1.54, 1.807) is 6.07 Å². The van der Waals surface area contributed by atoms with Gasteiger partial charge in [0.1, 0.15) is 11.8 Å². The summed E-state index contributed by atoms with van der Waals surface area (Å²) in [5.74, 6) is 0.442. The van der Waals surface area contributed by atoms with E-state index in [9.17, 15) is 0 Å². The SMILES string of the molecule is Cc1cc(C#N)nc(Nc2ccccc2N2CCOCC2)n1. The summed E-state index contributed by atoms with van der Waals surface area (Å²) in [5.41, 5.74) is 3.14. The fraction of sp³-hybridized carbons (Fsp3) is 0.312. The molecule has 0 spiro atoms. The zero-order valence-electron chi connectivity index (χ0n) is 12.4. The van der Waals surface area contributed by atoms with Gasteiger partial charge in [-0.1, -0.05) is 12.1 Å². The number of aryl methyl sites for hydroxylation is 1. The van der Waals surface area contributed by atoms with Gasteiger partial charge in [0, 0.05) is 18.8 Å². The molecule has 1 aromatic carbocycles. The van der Waals surface area contributed by atoms with Crippen molar-refractivity contribution in [1.29, 1.82) is 5.26 Å². The van der Waals surface area contributed by atoms with Gasteiger partial charge in [-0.2, -0.15) is 5.26 Å². The predicted octanol–water partition coefficient (Wildman–Crippen LogP) is 2.24. The van der Waals surface area contributed by atoms with Gasteiger partial charge in [-0.05, 0) is 25.1 Å². The number of nitrogens with one attached hydrogen (secondary N) is 1. The van der Waals surface area contributed by atoms with Crippen LogP contribution in [0.25, 0.3) is 0 Å². The smallest absolute Gasteiger partial charge is 0.228 e. The highest BCUT2D eigenvalue weighted by atomic mass is 16.5. The largest absolute Gasteiger partial charge is 0.378 e. The van der Waals surface area contributed by atoms with Crippen molar-refractivity contribution >= 4 is 17.3 Å². The first-order chi connectivity index (χ1) is 10.8. The molecule has 0 saturated carbocycles. The Bertz CT molecular complexity index is 704. The van der Waals surface area contributed by atoms with Crippen molar-refractivity contribution < 1.29 is 4.74 Å². The van der Waals surface area contributed by atoms with Crippen molar-refractivity contribution in [3.8, 4) is 6.07 Å². The molecule has 2 aromatic rings. The number of hydrogen-bond acceptors (Lipinski definition) is 6. The van der Waals surface area contributed by atoms with Crippen LogP contribution in [0, 0.1) is 18.3 Å². The van der Waals surface area contributed by atoms with E-state index < -0.39 is 0 Å². The summed E-state index contributed by atoms with van der Waals surface area (Å²) in [5, 5.41) is 12.3. The quantitative estimate of drug-likeness (QED) is 0.936. The van der Waals surface area contributed by atoms with Crippen LogP contribution in [0.3, 0.4) is 0 Å². The van der Waals surface area contributed by atoms with Crippen molar-refractivity contribution in [2.75, 3.05) is 36.5 Å². The Kier molecular flexibility index (Phi) is 4.17. The lowest BCUT2D eigenvalue weighted by Crippen LogP contribution is -2.36. The number of morpholine rings is 1. The Hall–Kier alpha value is -2.65. The summed E-state index contributed by atoms with van der Waals surface area (Å²) in [6, 6.07) is 11.7. The molecule has 6 heteroatoms. The molecule has 1 fully saturated rings. The van der Waals surface area contributed by atoms with E-state index in [-0.39, 0.29) is 0 Å². The van der Waals surface area contributed by atoms with Crippen molar-refractivity contribution in [2.24, 2.45) is 0 Å². The van der Waals surface area contributed by atoms with Gasteiger partial charge in [0.05, 0.1) is 24.6 Å². The van der Waals surface area contributed by atoms with E-state index in [4.69, 9.17) is 10.00 Å². The lowest BCUT2D eigenvalue weighted by atomic mass is 10.2. The molecule has 1 N–H and O–H groups in total. The molecule has 6 nitrogen and oxygen atoms in total. The number of ether oxygens (including phenoxy) is 1. The van der Waals surface area contributed by atoms with Gasteiger partial charge < -0.3 is 15.0 Å². The van der Waals surface area contributed by atoms with E-state index in [1.807, 2.05) is 25.1 Å². The number of para-hydroxylation sites is 2. The number of benzene rings is 1. The van der Waals surface area contributed by atoms with Gasteiger partial charge in [0.25, 0.3) is 0 Å². The summed E-state index contributed by atoms with van der Waals surface area (Å²) in [6.07, 6.45) is 0. The first kappa shape index (κ1) is 14.3. The molecule has 1 aliphatic heterocycles. The van der Waals surface area contributed by atoms with Gasteiger partial charge in [-0.15, -0.1) is 0 Å². The highest BCUT2D eigenvalue weighted by molar-refractivity contribution is 5.73. The standard InChI is InChI=1S/C16H17N5O/c1-12-10-13(11-17)19-16(18-12)20-14-4-2-3-5-15(14)21-6-8-22-9-7-21/h2-5,10H,6-9H2,1H3,(H,18,19,20). The van der Waals surface area contributed by atoms with Crippen LogP contribution in [0.5, 0.6) is 0 Å². The zero-order chi connectivity index (χ0) is 15.4. The maximum Gasteiger partial charge on any atom is 0.228 e. The van der Waals surface area contributed by atoms with Crippen LogP contribution in [0.4, 0.5) is 17.3 Å². The monoisotopic (exact) mass is 295 g/mol. The van der Waals surface area contributed by atoms with Crippen LogP contribution >= 0.6 is 0 Å². The molecule has 0 radical (unpaired) electrons. The van der Waals surface area contributed by atoms with Crippen molar-refractivity contribution in [3.05, 3.63) is 41.7 Å². The molecule has 0 atom stereocenters. The number of aromatic nitrogens is 2. The number of nitriles is 1. The average Bonchev–Trinajstić information content (AvgIpc) is 2.55. The second kappa shape index (κ2) is 6.41. The van der Waals surface area contributed by atoms with Crippen LogP contribution in [0.2, 0.25) is 0 Å². The average molecular weight is 295 g/mol. The minimum Gasteiger partial charge on any atom is -0.378 e. The van der Waals surface area contributed by atoms with E-state index in [1.165, 1.54) is 0 Å². The van der Waals surface area contributed by atoms with Gasteiger partial charge in [0.15, 0.2) is 0 Å². The second-order valence-corrected chi connectivity index (χ2v) is 5.07. The van der Waals surface area contributed by atoms with Gasteiger partial charge in [-0.25, -0.2) is 9.97 Å². The second-order valence-electron chi connectivity index (χ2n) is 5.07.